The molecule has 0 saturated heterocycles. The van der Waals surface area contributed by atoms with Crippen LogP contribution in [0.15, 0.2) is 18.2 Å². The fraction of sp³-hybridized carbons (Fsp3) is 0.500. The number of esters is 1. The maximum Gasteiger partial charge on any atom is 0.342 e. The number of ether oxygens (including phenoxy) is 1. The van der Waals surface area contributed by atoms with E-state index in [0.717, 1.165) is 31.7 Å². The fourth-order valence-corrected chi connectivity index (χ4v) is 2.75. The molecule has 1 aliphatic rings. The Morgan fingerprint density at radius 2 is 1.87 bits per heavy atom. The van der Waals surface area contributed by atoms with E-state index in [1.165, 1.54) is 6.07 Å². The number of hydrogen-bond donors (Lipinski definition) is 3. The van der Waals surface area contributed by atoms with Crippen LogP contribution < -0.4 is 0 Å². The summed E-state index contributed by atoms with van der Waals surface area (Å²) < 4.78 is 5.38. The lowest BCUT2D eigenvalue weighted by Gasteiger charge is -2.17. The second kappa shape index (κ2) is 8.02. The van der Waals surface area contributed by atoms with Crippen LogP contribution in [0.5, 0.6) is 11.5 Å². The minimum Gasteiger partial charge on any atom is -0.508 e. The molecule has 0 bridgehead atoms. The summed E-state index contributed by atoms with van der Waals surface area (Å²) in [6, 6.07) is 2.57. The predicted octanol–water partition coefficient (Wildman–Crippen LogP) is 3.37. The monoisotopic (exact) mass is 320 g/mol. The molecule has 0 aliphatic carbocycles. The van der Waals surface area contributed by atoms with Crippen LogP contribution >= 0.6 is 0 Å². The van der Waals surface area contributed by atoms with E-state index >= 15 is 0 Å². The Kier molecular flexibility index (Phi) is 6.04. The number of benzene rings is 1. The average Bonchev–Trinajstić information content (AvgIpc) is 2.45. The molecular weight excluding hydrogens is 296 g/mol. The smallest absolute Gasteiger partial charge is 0.342 e. The highest BCUT2D eigenvalue weighted by atomic mass is 16.5. The third kappa shape index (κ3) is 4.99. The summed E-state index contributed by atoms with van der Waals surface area (Å²) in [7, 11) is 0. The minimum absolute atomic E-state index is 0.0722. The van der Waals surface area contributed by atoms with Crippen LogP contribution in [0.4, 0.5) is 0 Å². The molecule has 3 N–H and O–H groups in total. The van der Waals surface area contributed by atoms with Crippen LogP contribution in [0, 0.1) is 0 Å². The zero-order valence-corrected chi connectivity index (χ0v) is 13.4. The standard InChI is InChI=1S/C18H24O5/c1-12-6-5-9-14(19)8-4-2-3-7-13-10-15(20)11-16(21)17(13)18(22)23-12/h3,7,10-12,14,19-21H,2,4-6,8-9H2,1H3/b7-3+/t12?,14-/m1/s1. The first kappa shape index (κ1) is 17.3. The zero-order chi connectivity index (χ0) is 16.8. The normalized spacial score (nSPS) is 25.0. The summed E-state index contributed by atoms with van der Waals surface area (Å²) in [6.45, 7) is 1.79. The van der Waals surface area contributed by atoms with Crippen molar-refractivity contribution in [2.45, 2.75) is 57.7 Å². The Bertz CT molecular complexity index is 579. The maximum absolute atomic E-state index is 12.3. The van der Waals surface area contributed by atoms with Gasteiger partial charge in [0.05, 0.1) is 12.2 Å². The number of aromatic hydroxyl groups is 2. The van der Waals surface area contributed by atoms with Gasteiger partial charge >= 0.3 is 5.97 Å². The number of aliphatic hydroxyl groups excluding tert-OH is 1. The summed E-state index contributed by atoms with van der Waals surface area (Å²) in [5.74, 6) is -1.00. The lowest BCUT2D eigenvalue weighted by Crippen LogP contribution is -2.17. The molecule has 1 unspecified atom stereocenters. The third-order valence-electron chi connectivity index (χ3n) is 4.00. The maximum atomic E-state index is 12.3. The van der Waals surface area contributed by atoms with E-state index in [4.69, 9.17) is 4.74 Å². The summed E-state index contributed by atoms with van der Waals surface area (Å²) >= 11 is 0. The molecule has 1 aromatic carbocycles. The van der Waals surface area contributed by atoms with Crippen molar-refractivity contribution in [3.63, 3.8) is 0 Å². The topological polar surface area (TPSA) is 87.0 Å². The van der Waals surface area contributed by atoms with E-state index in [2.05, 4.69) is 0 Å². The molecule has 5 nitrogen and oxygen atoms in total. The van der Waals surface area contributed by atoms with Gasteiger partial charge in [-0.05, 0) is 57.1 Å². The van der Waals surface area contributed by atoms with E-state index in [0.29, 0.717) is 18.4 Å². The van der Waals surface area contributed by atoms with Gasteiger partial charge in [0.2, 0.25) is 0 Å². The van der Waals surface area contributed by atoms with Gasteiger partial charge in [-0.25, -0.2) is 4.79 Å². The molecule has 2 rings (SSSR count). The lowest BCUT2D eigenvalue weighted by atomic mass is 10.0. The van der Waals surface area contributed by atoms with E-state index < -0.39 is 5.97 Å². The molecule has 0 spiro atoms. The number of cyclic esters (lactones) is 1. The van der Waals surface area contributed by atoms with Gasteiger partial charge in [-0.1, -0.05) is 12.2 Å². The first-order valence-corrected chi connectivity index (χ1v) is 8.09. The zero-order valence-electron chi connectivity index (χ0n) is 13.4. The molecule has 2 atom stereocenters. The molecule has 0 aromatic heterocycles. The molecular formula is C18H24O5. The number of aliphatic hydroxyl groups is 1. The van der Waals surface area contributed by atoms with Crippen LogP contribution in [0.3, 0.4) is 0 Å². The number of rotatable bonds is 0. The lowest BCUT2D eigenvalue weighted by molar-refractivity contribution is 0.0307. The molecule has 0 fully saturated rings. The van der Waals surface area contributed by atoms with Crippen molar-refractivity contribution in [1.29, 1.82) is 0 Å². The number of allylic oxidation sites excluding steroid dienone is 1. The van der Waals surface area contributed by atoms with Gasteiger partial charge in [-0.3, -0.25) is 0 Å². The number of phenolic OH excluding ortho intramolecular Hbond substituents is 2. The average molecular weight is 320 g/mol. The van der Waals surface area contributed by atoms with Gasteiger partial charge in [0.1, 0.15) is 17.1 Å². The van der Waals surface area contributed by atoms with Crippen molar-refractivity contribution >= 4 is 12.0 Å². The third-order valence-corrected chi connectivity index (χ3v) is 4.00. The van der Waals surface area contributed by atoms with Crippen molar-refractivity contribution in [3.8, 4) is 11.5 Å². The van der Waals surface area contributed by atoms with Crippen molar-refractivity contribution in [3.05, 3.63) is 29.3 Å². The Balaban J connectivity index is 2.30. The number of carbonyl (C=O) groups is 1. The second-order valence-corrected chi connectivity index (χ2v) is 6.06. The predicted molar refractivity (Wildman–Crippen MR) is 87.4 cm³/mol. The van der Waals surface area contributed by atoms with Gasteiger partial charge in [0, 0.05) is 6.07 Å². The van der Waals surface area contributed by atoms with Crippen molar-refractivity contribution in [2.24, 2.45) is 0 Å². The van der Waals surface area contributed by atoms with Gasteiger partial charge in [0.25, 0.3) is 0 Å². The van der Waals surface area contributed by atoms with Gasteiger partial charge < -0.3 is 20.1 Å². The highest BCUT2D eigenvalue weighted by Gasteiger charge is 2.20. The fourth-order valence-electron chi connectivity index (χ4n) is 2.75. The Labute approximate surface area is 136 Å². The molecule has 1 heterocycles. The van der Waals surface area contributed by atoms with Crippen LogP contribution in [0.2, 0.25) is 0 Å². The molecule has 1 aromatic rings. The quantitative estimate of drug-likeness (QED) is 0.638. The first-order valence-electron chi connectivity index (χ1n) is 8.09. The van der Waals surface area contributed by atoms with E-state index in [1.54, 1.807) is 13.0 Å². The van der Waals surface area contributed by atoms with E-state index in [1.807, 2.05) is 6.08 Å². The molecule has 1 aliphatic heterocycles. The Morgan fingerprint density at radius 3 is 2.65 bits per heavy atom. The van der Waals surface area contributed by atoms with Crippen molar-refractivity contribution < 1.29 is 24.9 Å². The van der Waals surface area contributed by atoms with Gasteiger partial charge in [-0.2, -0.15) is 0 Å². The summed E-state index contributed by atoms with van der Waals surface area (Å²) in [5, 5.41) is 29.5. The van der Waals surface area contributed by atoms with Crippen LogP contribution in [0.25, 0.3) is 6.08 Å². The highest BCUT2D eigenvalue weighted by molar-refractivity contribution is 5.97. The van der Waals surface area contributed by atoms with Crippen molar-refractivity contribution in [1.82, 2.24) is 0 Å². The van der Waals surface area contributed by atoms with Crippen LogP contribution in [0.1, 0.15) is 61.4 Å². The molecule has 5 heteroatoms. The van der Waals surface area contributed by atoms with Gasteiger partial charge in [-0.15, -0.1) is 0 Å². The molecule has 23 heavy (non-hydrogen) atoms. The number of carbonyl (C=O) groups excluding carboxylic acids is 1. The highest BCUT2D eigenvalue weighted by Crippen LogP contribution is 2.30. The Morgan fingerprint density at radius 1 is 1.13 bits per heavy atom. The summed E-state index contributed by atoms with van der Waals surface area (Å²) in [4.78, 5) is 12.3. The number of hydrogen-bond acceptors (Lipinski definition) is 5. The van der Waals surface area contributed by atoms with Crippen LogP contribution in [-0.2, 0) is 4.74 Å². The largest absolute Gasteiger partial charge is 0.508 e. The minimum atomic E-state index is -0.604. The molecule has 0 radical (unpaired) electrons. The molecule has 0 saturated carbocycles. The van der Waals surface area contributed by atoms with Crippen LogP contribution in [-0.4, -0.2) is 33.5 Å². The first-order chi connectivity index (χ1) is 11.0. The SMILES string of the molecule is CC1CCC[C@H](O)CCC/C=C/c2cc(O)cc(O)c2C(=O)O1. The second-order valence-electron chi connectivity index (χ2n) is 6.06. The summed E-state index contributed by atoms with van der Waals surface area (Å²) in [5.41, 5.74) is 0.500. The van der Waals surface area contributed by atoms with Gasteiger partial charge in [0.15, 0.2) is 0 Å². The molecule has 126 valence electrons. The Hall–Kier alpha value is -2.01. The van der Waals surface area contributed by atoms with E-state index in [9.17, 15) is 20.1 Å². The summed E-state index contributed by atoms with van der Waals surface area (Å²) in [6.07, 6.45) is 7.39. The molecule has 0 amide bonds. The number of phenols is 2. The van der Waals surface area contributed by atoms with E-state index in [-0.39, 0.29) is 29.3 Å². The van der Waals surface area contributed by atoms with Crippen molar-refractivity contribution in [2.75, 3.05) is 0 Å². The number of fused-ring (bicyclic) bond motifs is 1.